The van der Waals surface area contributed by atoms with Gasteiger partial charge in [0.05, 0.1) is 0 Å². The molecule has 6 heteroatoms. The molecule has 1 unspecified atom stereocenters. The zero-order valence-electron chi connectivity index (χ0n) is 15.9. The summed E-state index contributed by atoms with van der Waals surface area (Å²) in [6, 6.07) is 20.6. The lowest BCUT2D eigenvalue weighted by molar-refractivity contribution is -0.941. The first-order valence-corrected chi connectivity index (χ1v) is 9.67. The highest BCUT2D eigenvalue weighted by Crippen LogP contribution is 2.15. The number of benzene rings is 2. The molecule has 0 saturated heterocycles. The van der Waals surface area contributed by atoms with Crippen molar-refractivity contribution in [3.8, 4) is 0 Å². The van der Waals surface area contributed by atoms with Crippen LogP contribution in [0.25, 0.3) is 0 Å². The summed E-state index contributed by atoms with van der Waals surface area (Å²) >= 11 is 0. The molecular weight excluding hydrogens is 352 g/mol. The minimum atomic E-state index is -0.355. The van der Waals surface area contributed by atoms with Crippen LogP contribution in [0.2, 0.25) is 0 Å². The molecule has 28 heavy (non-hydrogen) atoms. The van der Waals surface area contributed by atoms with Gasteiger partial charge in [-0.2, -0.15) is 0 Å². The molecule has 0 aliphatic carbocycles. The van der Waals surface area contributed by atoms with Gasteiger partial charge in [-0.1, -0.05) is 60.7 Å². The van der Waals surface area contributed by atoms with Crippen LogP contribution in [0.5, 0.6) is 0 Å². The summed E-state index contributed by atoms with van der Waals surface area (Å²) < 4.78 is 1.66. The van der Waals surface area contributed by atoms with Crippen molar-refractivity contribution in [2.75, 3.05) is 12.0 Å². The average molecular weight is 377 g/mol. The van der Waals surface area contributed by atoms with E-state index in [0.29, 0.717) is 31.1 Å². The smallest absolute Gasteiger partial charge is 0.324 e. The van der Waals surface area contributed by atoms with Crippen molar-refractivity contribution in [2.45, 2.75) is 32.5 Å². The summed E-state index contributed by atoms with van der Waals surface area (Å²) in [5.41, 5.74) is 2.40. The van der Waals surface area contributed by atoms with Gasteiger partial charge in [0.25, 0.3) is 5.56 Å². The van der Waals surface area contributed by atoms with E-state index in [0.717, 1.165) is 12.0 Å². The Kier molecular flexibility index (Phi) is 5.12. The highest BCUT2D eigenvalue weighted by atomic mass is 16.2. The number of H-pyrrole nitrogens is 1. The normalized spacial score (nSPS) is 16.8. The number of aromatic amines is 1. The fraction of sp³-hybridized carbons (Fsp3) is 0.273. The number of aryl methyl sites for hydroxylation is 1. The maximum atomic E-state index is 12.5. The van der Waals surface area contributed by atoms with Crippen molar-refractivity contribution in [1.82, 2.24) is 9.55 Å². The fourth-order valence-electron chi connectivity index (χ4n) is 3.85. The Morgan fingerprint density at radius 2 is 1.71 bits per heavy atom. The zero-order chi connectivity index (χ0) is 19.5. The van der Waals surface area contributed by atoms with Gasteiger partial charge in [0, 0.05) is 12.1 Å². The van der Waals surface area contributed by atoms with E-state index in [1.54, 1.807) is 4.57 Å². The quantitative estimate of drug-likeness (QED) is 0.628. The minimum absolute atomic E-state index is 0.242. The molecule has 2 heterocycles. The van der Waals surface area contributed by atoms with Crippen molar-refractivity contribution < 1.29 is 4.90 Å². The molecule has 2 atom stereocenters. The number of fused-ring (bicyclic) bond motifs is 1. The van der Waals surface area contributed by atoms with E-state index < -0.39 is 0 Å². The van der Waals surface area contributed by atoms with Gasteiger partial charge in [-0.05, 0) is 18.9 Å². The van der Waals surface area contributed by atoms with Crippen LogP contribution < -0.4 is 21.5 Å². The summed E-state index contributed by atoms with van der Waals surface area (Å²) in [5, 5.41) is 3.36. The molecule has 0 spiro atoms. The number of quaternary nitrogens is 1. The topological polar surface area (TPSA) is 71.3 Å². The first-order valence-electron chi connectivity index (χ1n) is 9.67. The molecular formula is C22H25N4O2+. The van der Waals surface area contributed by atoms with Crippen molar-refractivity contribution in [1.29, 1.82) is 0 Å². The van der Waals surface area contributed by atoms with Gasteiger partial charge < -0.3 is 10.2 Å². The number of hydrogen-bond donors (Lipinski definition) is 3. The van der Waals surface area contributed by atoms with E-state index in [2.05, 4.69) is 29.4 Å². The standard InChI is InChI=1S/C22H24N4O2/c1-16(18-10-6-3-7-11-18)25-14-19-20(23-15-25)26(22(28)24-21(19)27)13-12-17-8-4-2-5-9-17/h2-11,16,23H,12-15H2,1H3,(H,24,27,28)/p+1/t16-/m0/s1. The van der Waals surface area contributed by atoms with Crippen molar-refractivity contribution >= 4 is 5.82 Å². The van der Waals surface area contributed by atoms with E-state index in [9.17, 15) is 9.59 Å². The Hall–Kier alpha value is -3.12. The molecule has 3 aromatic rings. The zero-order valence-corrected chi connectivity index (χ0v) is 15.9. The maximum Gasteiger partial charge on any atom is 0.329 e. The first kappa shape index (κ1) is 18.3. The van der Waals surface area contributed by atoms with E-state index in [1.807, 2.05) is 48.5 Å². The molecule has 1 aromatic heterocycles. The van der Waals surface area contributed by atoms with E-state index in [-0.39, 0.29) is 17.3 Å². The molecule has 2 aromatic carbocycles. The second-order valence-electron chi connectivity index (χ2n) is 7.29. The van der Waals surface area contributed by atoms with Gasteiger partial charge in [-0.15, -0.1) is 0 Å². The van der Waals surface area contributed by atoms with E-state index in [1.165, 1.54) is 10.5 Å². The van der Waals surface area contributed by atoms with Crippen LogP contribution in [0, 0.1) is 0 Å². The number of rotatable bonds is 5. The Morgan fingerprint density at radius 1 is 1.04 bits per heavy atom. The van der Waals surface area contributed by atoms with E-state index >= 15 is 0 Å². The lowest BCUT2D eigenvalue weighted by Gasteiger charge is -2.32. The van der Waals surface area contributed by atoms with Crippen LogP contribution >= 0.6 is 0 Å². The fourth-order valence-corrected chi connectivity index (χ4v) is 3.85. The molecule has 4 rings (SSSR count). The molecule has 3 N–H and O–H groups in total. The third kappa shape index (κ3) is 3.64. The maximum absolute atomic E-state index is 12.5. The number of aromatic nitrogens is 2. The monoisotopic (exact) mass is 377 g/mol. The Balaban J connectivity index is 1.60. The molecule has 144 valence electrons. The predicted octanol–water partition coefficient (Wildman–Crippen LogP) is 1.31. The second-order valence-corrected chi connectivity index (χ2v) is 7.29. The number of nitrogens with zero attached hydrogens (tertiary/aromatic N) is 1. The van der Waals surface area contributed by atoms with Crippen LogP contribution in [0.1, 0.15) is 29.7 Å². The third-order valence-electron chi connectivity index (χ3n) is 5.56. The average Bonchev–Trinajstić information content (AvgIpc) is 2.74. The van der Waals surface area contributed by atoms with Gasteiger partial charge in [0.15, 0.2) is 6.67 Å². The molecule has 1 aliphatic heterocycles. The summed E-state index contributed by atoms with van der Waals surface area (Å²) in [6.45, 7) is 3.94. The third-order valence-corrected chi connectivity index (χ3v) is 5.56. The SMILES string of the molecule is C[C@@H](c1ccccc1)[NH+]1CNc2c(c(=O)[nH]c(=O)n2CCc2ccccc2)C1. The van der Waals surface area contributed by atoms with Crippen molar-refractivity contribution in [3.05, 3.63) is 98.2 Å². The molecule has 0 fully saturated rings. The van der Waals surface area contributed by atoms with Crippen LogP contribution in [-0.2, 0) is 19.5 Å². The first-order chi connectivity index (χ1) is 13.6. The molecule has 1 aliphatic rings. The molecule has 6 nitrogen and oxygen atoms in total. The summed E-state index contributed by atoms with van der Waals surface area (Å²) in [4.78, 5) is 28.7. The predicted molar refractivity (Wildman–Crippen MR) is 109 cm³/mol. The molecule has 0 radical (unpaired) electrons. The highest BCUT2D eigenvalue weighted by Gasteiger charge is 2.29. The van der Waals surface area contributed by atoms with E-state index in [4.69, 9.17) is 0 Å². The lowest BCUT2D eigenvalue weighted by Crippen LogP contribution is -3.12. The number of hydrogen-bond acceptors (Lipinski definition) is 3. The summed E-state index contributed by atoms with van der Waals surface area (Å²) in [7, 11) is 0. The Labute approximate surface area is 163 Å². The van der Waals surface area contributed by atoms with Crippen molar-refractivity contribution in [3.63, 3.8) is 0 Å². The van der Waals surface area contributed by atoms with Gasteiger partial charge in [0.1, 0.15) is 24.0 Å². The lowest BCUT2D eigenvalue weighted by atomic mass is 10.1. The van der Waals surface area contributed by atoms with Crippen molar-refractivity contribution in [2.24, 2.45) is 0 Å². The van der Waals surface area contributed by atoms with Crippen LogP contribution in [0.15, 0.2) is 70.3 Å². The van der Waals surface area contributed by atoms with Crippen LogP contribution in [0.4, 0.5) is 5.82 Å². The number of nitrogens with one attached hydrogen (secondary N) is 3. The summed E-state index contributed by atoms with van der Waals surface area (Å²) in [6.07, 6.45) is 0.734. The van der Waals surface area contributed by atoms with Gasteiger partial charge in [-0.3, -0.25) is 14.3 Å². The highest BCUT2D eigenvalue weighted by molar-refractivity contribution is 5.44. The van der Waals surface area contributed by atoms with Gasteiger partial charge >= 0.3 is 5.69 Å². The van der Waals surface area contributed by atoms with Crippen LogP contribution in [0.3, 0.4) is 0 Å². The second kappa shape index (κ2) is 7.86. The largest absolute Gasteiger partial charge is 0.329 e. The molecule has 0 amide bonds. The Bertz CT molecular complexity index is 1060. The molecule has 0 saturated carbocycles. The number of anilines is 1. The van der Waals surface area contributed by atoms with Gasteiger partial charge in [-0.25, -0.2) is 4.79 Å². The minimum Gasteiger partial charge on any atom is -0.324 e. The molecule has 0 bridgehead atoms. The summed E-state index contributed by atoms with van der Waals surface area (Å²) in [5.74, 6) is 0.661. The van der Waals surface area contributed by atoms with Crippen LogP contribution in [-0.4, -0.2) is 16.2 Å². The van der Waals surface area contributed by atoms with Gasteiger partial charge in [0.2, 0.25) is 0 Å². The Morgan fingerprint density at radius 3 is 2.43 bits per heavy atom.